The number of carbonyl (C=O) groups is 1. The fourth-order valence-corrected chi connectivity index (χ4v) is 4.26. The first-order chi connectivity index (χ1) is 13.8. The largest absolute Gasteiger partial charge is 0.371 e. The van der Waals surface area contributed by atoms with Gasteiger partial charge in [0.15, 0.2) is 9.84 Å². The van der Waals surface area contributed by atoms with Gasteiger partial charge in [0.25, 0.3) is 5.91 Å². The molecule has 1 amide bonds. The van der Waals surface area contributed by atoms with Crippen LogP contribution in [0.5, 0.6) is 0 Å². The zero-order chi connectivity index (χ0) is 21.0. The highest BCUT2D eigenvalue weighted by atomic mass is 32.2. The van der Waals surface area contributed by atoms with Crippen LogP contribution in [0.4, 0.5) is 5.69 Å². The molecule has 1 aliphatic rings. The van der Waals surface area contributed by atoms with Gasteiger partial charge in [-0.2, -0.15) is 5.26 Å². The van der Waals surface area contributed by atoms with E-state index in [1.807, 2.05) is 18.2 Å². The Morgan fingerprint density at radius 3 is 2.41 bits per heavy atom. The van der Waals surface area contributed by atoms with Gasteiger partial charge in [-0.15, -0.1) is 0 Å². The number of benzene rings is 1. The number of hydrogen-bond donors (Lipinski definition) is 1. The number of sulfone groups is 1. The summed E-state index contributed by atoms with van der Waals surface area (Å²) < 4.78 is 23.9. The van der Waals surface area contributed by atoms with E-state index in [1.54, 1.807) is 38.1 Å². The van der Waals surface area contributed by atoms with Gasteiger partial charge in [0.05, 0.1) is 21.9 Å². The molecule has 0 atom stereocenters. The molecule has 2 heterocycles. The van der Waals surface area contributed by atoms with Crippen molar-refractivity contribution in [3.05, 3.63) is 53.3 Å². The predicted molar refractivity (Wildman–Crippen MR) is 111 cm³/mol. The topological polar surface area (TPSA) is 103 Å². The number of aryl methyl sites for hydroxylation is 1. The lowest BCUT2D eigenvalue weighted by Crippen LogP contribution is -2.45. The third-order valence-electron chi connectivity index (χ3n) is 5.21. The van der Waals surface area contributed by atoms with Crippen molar-refractivity contribution in [1.29, 1.82) is 5.26 Å². The molecular formula is C21H24N4O3S. The minimum Gasteiger partial charge on any atom is -0.371 e. The van der Waals surface area contributed by atoms with Crippen molar-refractivity contribution < 1.29 is 13.2 Å². The first kappa shape index (κ1) is 20.8. The maximum Gasteiger partial charge on any atom is 0.270 e. The molecule has 29 heavy (non-hydrogen) atoms. The highest BCUT2D eigenvalue weighted by Gasteiger charge is 2.22. The molecule has 3 rings (SSSR count). The van der Waals surface area contributed by atoms with E-state index in [4.69, 9.17) is 5.26 Å². The number of pyridine rings is 1. The molecular weight excluding hydrogens is 388 g/mol. The number of piperidine rings is 1. The maximum absolute atomic E-state index is 12.4. The van der Waals surface area contributed by atoms with Crippen molar-refractivity contribution in [1.82, 2.24) is 10.3 Å². The fraction of sp³-hybridized carbons (Fsp3) is 0.381. The van der Waals surface area contributed by atoms with Crippen molar-refractivity contribution in [3.63, 3.8) is 0 Å². The van der Waals surface area contributed by atoms with Crippen molar-refractivity contribution in [2.45, 2.75) is 37.6 Å². The number of anilines is 1. The van der Waals surface area contributed by atoms with E-state index in [-0.39, 0.29) is 17.7 Å². The second-order valence-electron chi connectivity index (χ2n) is 7.07. The number of amides is 1. The van der Waals surface area contributed by atoms with Crippen LogP contribution in [0.15, 0.2) is 41.3 Å². The molecule has 0 spiro atoms. The van der Waals surface area contributed by atoms with Crippen molar-refractivity contribution in [3.8, 4) is 6.07 Å². The lowest BCUT2D eigenvalue weighted by atomic mass is 10.0. The van der Waals surface area contributed by atoms with E-state index in [0.29, 0.717) is 21.8 Å². The van der Waals surface area contributed by atoms with E-state index in [9.17, 15) is 13.2 Å². The first-order valence-corrected chi connectivity index (χ1v) is 11.3. The number of nitrogens with one attached hydrogen (secondary N) is 1. The lowest BCUT2D eigenvalue weighted by molar-refractivity contribution is 0.0926. The molecule has 1 aromatic heterocycles. The van der Waals surface area contributed by atoms with E-state index in [0.717, 1.165) is 31.6 Å². The summed E-state index contributed by atoms with van der Waals surface area (Å²) in [5.74, 6) is -0.143. The Bertz CT molecular complexity index is 1030. The van der Waals surface area contributed by atoms with Gasteiger partial charge in [-0.3, -0.25) is 4.79 Å². The smallest absolute Gasteiger partial charge is 0.270 e. The van der Waals surface area contributed by atoms with Crippen LogP contribution in [-0.4, -0.2) is 44.2 Å². The minimum atomic E-state index is -3.19. The monoisotopic (exact) mass is 412 g/mol. The summed E-state index contributed by atoms with van der Waals surface area (Å²) >= 11 is 0. The summed E-state index contributed by atoms with van der Waals surface area (Å²) in [4.78, 5) is 19.2. The number of nitriles is 1. The average molecular weight is 413 g/mol. The van der Waals surface area contributed by atoms with Crippen LogP contribution in [0.3, 0.4) is 0 Å². The van der Waals surface area contributed by atoms with Gasteiger partial charge in [-0.1, -0.05) is 6.92 Å². The molecule has 1 aliphatic heterocycles. The van der Waals surface area contributed by atoms with Crippen molar-refractivity contribution >= 4 is 21.4 Å². The summed E-state index contributed by atoms with van der Waals surface area (Å²) in [5.41, 5.74) is 2.31. The SMILES string of the molecule is CCS(=O)(=O)c1ccc(N2CCC(NC(=O)c3ccc(C#N)c(C)n3)CC2)cc1. The van der Waals surface area contributed by atoms with E-state index in [1.165, 1.54) is 0 Å². The highest BCUT2D eigenvalue weighted by molar-refractivity contribution is 7.91. The highest BCUT2D eigenvalue weighted by Crippen LogP contribution is 2.22. The van der Waals surface area contributed by atoms with Gasteiger partial charge >= 0.3 is 0 Å². The molecule has 1 saturated heterocycles. The molecule has 1 N–H and O–H groups in total. The first-order valence-electron chi connectivity index (χ1n) is 9.60. The Kier molecular flexibility index (Phi) is 6.18. The number of carbonyl (C=O) groups excluding carboxylic acids is 1. The molecule has 0 radical (unpaired) electrons. The third kappa shape index (κ3) is 4.74. The van der Waals surface area contributed by atoms with Crippen LogP contribution in [-0.2, 0) is 9.84 Å². The van der Waals surface area contributed by atoms with Crippen molar-refractivity contribution in [2.24, 2.45) is 0 Å². The molecule has 1 fully saturated rings. The average Bonchev–Trinajstić information content (AvgIpc) is 2.74. The third-order valence-corrected chi connectivity index (χ3v) is 6.96. The molecule has 0 saturated carbocycles. The van der Waals surface area contributed by atoms with Gasteiger partial charge in [0.1, 0.15) is 11.8 Å². The molecule has 1 aromatic carbocycles. The fourth-order valence-electron chi connectivity index (χ4n) is 3.38. The van der Waals surface area contributed by atoms with Crippen LogP contribution < -0.4 is 10.2 Å². The van der Waals surface area contributed by atoms with Crippen LogP contribution in [0.25, 0.3) is 0 Å². The van der Waals surface area contributed by atoms with Gasteiger partial charge in [0, 0.05) is 24.8 Å². The Hall–Kier alpha value is -2.92. The molecule has 7 nitrogen and oxygen atoms in total. The number of hydrogen-bond acceptors (Lipinski definition) is 6. The zero-order valence-electron chi connectivity index (χ0n) is 16.6. The lowest BCUT2D eigenvalue weighted by Gasteiger charge is -2.34. The Labute approximate surface area is 171 Å². The molecule has 2 aromatic rings. The van der Waals surface area contributed by atoms with E-state index >= 15 is 0 Å². The van der Waals surface area contributed by atoms with Gasteiger partial charge in [-0.25, -0.2) is 13.4 Å². The zero-order valence-corrected chi connectivity index (χ0v) is 17.4. The Morgan fingerprint density at radius 1 is 1.21 bits per heavy atom. The summed E-state index contributed by atoms with van der Waals surface area (Å²) in [6.07, 6.45) is 1.58. The summed E-state index contributed by atoms with van der Waals surface area (Å²) in [6.45, 7) is 4.89. The molecule has 0 unspecified atom stereocenters. The Morgan fingerprint density at radius 2 is 1.86 bits per heavy atom. The summed E-state index contributed by atoms with van der Waals surface area (Å²) in [7, 11) is -3.19. The predicted octanol–water partition coefficient (Wildman–Crippen LogP) is 2.45. The van der Waals surface area contributed by atoms with Gasteiger partial charge in [0.2, 0.25) is 0 Å². The molecule has 152 valence electrons. The minimum absolute atomic E-state index is 0.0521. The maximum atomic E-state index is 12.4. The van der Waals surface area contributed by atoms with E-state index in [2.05, 4.69) is 15.2 Å². The molecule has 8 heteroatoms. The number of aromatic nitrogens is 1. The number of nitrogens with zero attached hydrogens (tertiary/aromatic N) is 3. The number of rotatable bonds is 5. The van der Waals surface area contributed by atoms with Gasteiger partial charge in [-0.05, 0) is 56.2 Å². The second-order valence-corrected chi connectivity index (χ2v) is 9.35. The van der Waals surface area contributed by atoms with Gasteiger partial charge < -0.3 is 10.2 Å². The van der Waals surface area contributed by atoms with Crippen LogP contribution in [0.2, 0.25) is 0 Å². The molecule has 0 aliphatic carbocycles. The van der Waals surface area contributed by atoms with E-state index < -0.39 is 9.84 Å². The Balaban J connectivity index is 1.57. The normalized spacial score (nSPS) is 15.0. The quantitative estimate of drug-likeness (QED) is 0.809. The summed E-state index contributed by atoms with van der Waals surface area (Å²) in [5, 5.41) is 12.0. The van der Waals surface area contributed by atoms with Crippen LogP contribution in [0.1, 0.15) is 41.5 Å². The molecule has 0 bridgehead atoms. The van der Waals surface area contributed by atoms with Crippen LogP contribution in [0, 0.1) is 18.3 Å². The second kappa shape index (κ2) is 8.62. The summed E-state index contributed by atoms with van der Waals surface area (Å²) in [6, 6.07) is 12.3. The van der Waals surface area contributed by atoms with Crippen LogP contribution >= 0.6 is 0 Å². The van der Waals surface area contributed by atoms with Crippen molar-refractivity contribution in [2.75, 3.05) is 23.7 Å². The standard InChI is InChI=1S/C21H24N4O3S/c1-3-29(27,28)19-7-5-18(6-8-19)25-12-10-17(11-13-25)24-21(26)20-9-4-16(14-22)15(2)23-20/h4-9,17H,3,10-13H2,1-2H3,(H,24,26).